The Kier molecular flexibility index (Phi) is 4.51. The van der Waals surface area contributed by atoms with Gasteiger partial charge < -0.3 is 0 Å². The van der Waals surface area contributed by atoms with Gasteiger partial charge in [0.25, 0.3) is 0 Å². The van der Waals surface area contributed by atoms with Crippen LogP contribution in [0.2, 0.25) is 0 Å². The molecule has 1 aromatic heterocycles. The maximum Gasteiger partial charge on any atom is 0.128 e. The van der Waals surface area contributed by atoms with Crippen LogP contribution in [0.15, 0.2) is 41.0 Å². The van der Waals surface area contributed by atoms with E-state index in [4.69, 9.17) is 0 Å². The van der Waals surface area contributed by atoms with Crippen LogP contribution in [0.1, 0.15) is 21.6 Å². The molecule has 1 nitrogen and oxygen atoms in total. The van der Waals surface area contributed by atoms with Crippen molar-refractivity contribution in [2.24, 2.45) is 0 Å². The first kappa shape index (κ1) is 13.7. The van der Waals surface area contributed by atoms with Crippen LogP contribution in [-0.4, -0.2) is 4.98 Å². The molecule has 1 atom stereocenters. The van der Waals surface area contributed by atoms with Gasteiger partial charge in [0.2, 0.25) is 0 Å². The zero-order chi connectivity index (χ0) is 13.1. The molecule has 4 heteroatoms. The molecule has 94 valence electrons. The lowest BCUT2D eigenvalue weighted by Gasteiger charge is -2.14. The van der Waals surface area contributed by atoms with Crippen LogP contribution in [-0.2, 0) is 6.42 Å². The molecule has 18 heavy (non-hydrogen) atoms. The second-order valence-corrected chi connectivity index (χ2v) is 6.03. The van der Waals surface area contributed by atoms with E-state index in [0.29, 0.717) is 12.0 Å². The summed E-state index contributed by atoms with van der Waals surface area (Å²) in [4.78, 5) is 4.24. The minimum atomic E-state index is -0.208. The van der Waals surface area contributed by atoms with E-state index in [1.165, 1.54) is 6.07 Å². The summed E-state index contributed by atoms with van der Waals surface area (Å²) in [6, 6.07) is 8.92. The highest BCUT2D eigenvalue weighted by atomic mass is 79.9. The third kappa shape index (κ3) is 2.98. The quantitative estimate of drug-likeness (QED) is 0.693. The monoisotopic (exact) mass is 371 g/mol. The van der Waals surface area contributed by atoms with E-state index < -0.39 is 0 Å². The van der Waals surface area contributed by atoms with Gasteiger partial charge in [-0.3, -0.25) is 4.98 Å². The lowest BCUT2D eigenvalue weighted by molar-refractivity contribution is 0.605. The first-order chi connectivity index (χ1) is 8.59. The van der Waals surface area contributed by atoms with Crippen molar-refractivity contribution in [3.05, 3.63) is 63.6 Å². The Labute approximate surface area is 123 Å². The average Bonchev–Trinajstić information content (AvgIpc) is 2.32. The number of aromatic nitrogens is 1. The molecule has 0 spiro atoms. The molecule has 0 bridgehead atoms. The molecule has 0 fully saturated rings. The van der Waals surface area contributed by atoms with E-state index in [-0.39, 0.29) is 10.6 Å². The molecule has 1 unspecified atom stereocenters. The fourth-order valence-electron chi connectivity index (χ4n) is 1.81. The van der Waals surface area contributed by atoms with Crippen LogP contribution >= 0.6 is 31.9 Å². The molecule has 0 aliphatic rings. The van der Waals surface area contributed by atoms with Crippen LogP contribution in [0, 0.1) is 12.7 Å². The van der Waals surface area contributed by atoms with Gasteiger partial charge in [-0.25, -0.2) is 4.39 Å². The maximum absolute atomic E-state index is 13.8. The highest BCUT2D eigenvalue weighted by Gasteiger charge is 2.17. The second-order valence-electron chi connectivity index (χ2n) is 4.07. The molecule has 0 N–H and O–H groups in total. The van der Waals surface area contributed by atoms with E-state index in [1.807, 2.05) is 25.1 Å². The Morgan fingerprint density at radius 2 is 2.06 bits per heavy atom. The topological polar surface area (TPSA) is 12.9 Å². The highest BCUT2D eigenvalue weighted by molar-refractivity contribution is 9.11. The van der Waals surface area contributed by atoms with E-state index in [0.717, 1.165) is 15.7 Å². The van der Waals surface area contributed by atoms with Crippen molar-refractivity contribution < 1.29 is 4.39 Å². The van der Waals surface area contributed by atoms with Crippen molar-refractivity contribution in [1.82, 2.24) is 4.98 Å². The van der Waals surface area contributed by atoms with Crippen molar-refractivity contribution in [3.8, 4) is 0 Å². The summed E-state index contributed by atoms with van der Waals surface area (Å²) in [5.41, 5.74) is 2.74. The molecule has 1 heterocycles. The van der Waals surface area contributed by atoms with E-state index >= 15 is 0 Å². The highest BCUT2D eigenvalue weighted by Crippen LogP contribution is 2.34. The summed E-state index contributed by atoms with van der Waals surface area (Å²) in [5.74, 6) is -0.208. The Morgan fingerprint density at radius 1 is 1.28 bits per heavy atom. The van der Waals surface area contributed by atoms with Gasteiger partial charge in [0.05, 0.1) is 0 Å². The summed E-state index contributed by atoms with van der Waals surface area (Å²) >= 11 is 6.94. The molecular formula is C14H12Br2FN. The summed E-state index contributed by atoms with van der Waals surface area (Å²) < 4.78 is 14.6. The lowest BCUT2D eigenvalue weighted by atomic mass is 10.0. The van der Waals surface area contributed by atoms with Crippen LogP contribution in [0.5, 0.6) is 0 Å². The predicted molar refractivity (Wildman–Crippen MR) is 78.4 cm³/mol. The molecule has 2 rings (SSSR count). The zero-order valence-electron chi connectivity index (χ0n) is 9.83. The van der Waals surface area contributed by atoms with Crippen LogP contribution in [0.3, 0.4) is 0 Å². The number of aryl methyl sites for hydroxylation is 1. The van der Waals surface area contributed by atoms with Crippen LogP contribution in [0.25, 0.3) is 0 Å². The van der Waals surface area contributed by atoms with Gasteiger partial charge in [-0.1, -0.05) is 44.0 Å². The zero-order valence-corrected chi connectivity index (χ0v) is 13.0. The SMILES string of the molecule is Cc1cccnc1CC(Br)c1c(F)cccc1Br. The first-order valence-corrected chi connectivity index (χ1v) is 7.29. The van der Waals surface area contributed by atoms with Gasteiger partial charge in [0.15, 0.2) is 0 Å². The van der Waals surface area contributed by atoms with Crippen LogP contribution < -0.4 is 0 Å². The smallest absolute Gasteiger partial charge is 0.128 e. The average molecular weight is 373 g/mol. The minimum absolute atomic E-state index is 0.0957. The van der Waals surface area contributed by atoms with Crippen molar-refractivity contribution in [2.45, 2.75) is 18.2 Å². The third-order valence-corrected chi connectivity index (χ3v) is 4.28. The number of halogens is 3. The predicted octanol–water partition coefficient (Wildman–Crippen LogP) is 4.97. The van der Waals surface area contributed by atoms with E-state index in [1.54, 1.807) is 12.3 Å². The molecule has 2 aromatic rings. The van der Waals surface area contributed by atoms with Gasteiger partial charge in [-0.15, -0.1) is 0 Å². The Balaban J connectivity index is 2.28. The van der Waals surface area contributed by atoms with Gasteiger partial charge in [-0.05, 0) is 30.7 Å². The molecular weight excluding hydrogens is 361 g/mol. The molecule has 0 aliphatic heterocycles. The van der Waals surface area contributed by atoms with Crippen molar-refractivity contribution in [1.29, 1.82) is 0 Å². The summed E-state index contributed by atoms with van der Waals surface area (Å²) in [7, 11) is 0. The lowest BCUT2D eigenvalue weighted by Crippen LogP contribution is -2.03. The molecule has 0 saturated carbocycles. The number of rotatable bonds is 3. The first-order valence-electron chi connectivity index (χ1n) is 5.58. The molecule has 0 radical (unpaired) electrons. The van der Waals surface area contributed by atoms with Crippen molar-refractivity contribution >= 4 is 31.9 Å². The molecule has 1 aromatic carbocycles. The second kappa shape index (κ2) is 5.93. The normalized spacial score (nSPS) is 12.4. The molecule has 0 amide bonds. The number of hydrogen-bond acceptors (Lipinski definition) is 1. The Bertz CT molecular complexity index is 537. The van der Waals surface area contributed by atoms with Crippen molar-refractivity contribution in [2.75, 3.05) is 0 Å². The maximum atomic E-state index is 13.8. The number of benzene rings is 1. The number of hydrogen-bond donors (Lipinski definition) is 0. The number of pyridine rings is 1. The Hall–Kier alpha value is -0.740. The van der Waals surface area contributed by atoms with Gasteiger partial charge in [0.1, 0.15) is 5.82 Å². The summed E-state index contributed by atoms with van der Waals surface area (Å²) in [5, 5.41) is 0. The van der Waals surface area contributed by atoms with Gasteiger partial charge >= 0.3 is 0 Å². The molecule has 0 saturated heterocycles. The van der Waals surface area contributed by atoms with E-state index in [2.05, 4.69) is 36.8 Å². The third-order valence-electron chi connectivity index (χ3n) is 2.80. The Morgan fingerprint density at radius 3 is 2.72 bits per heavy atom. The standard InChI is InChI=1S/C14H12Br2FN/c1-9-4-3-7-18-13(9)8-11(16)14-10(15)5-2-6-12(14)17/h2-7,11H,8H2,1H3. The van der Waals surface area contributed by atoms with Crippen molar-refractivity contribution in [3.63, 3.8) is 0 Å². The fourth-order valence-corrected chi connectivity index (χ4v) is 3.51. The van der Waals surface area contributed by atoms with Gasteiger partial charge in [0, 0.05) is 33.2 Å². The molecule has 0 aliphatic carbocycles. The largest absolute Gasteiger partial charge is 0.261 e. The van der Waals surface area contributed by atoms with Gasteiger partial charge in [-0.2, -0.15) is 0 Å². The number of nitrogens with zero attached hydrogens (tertiary/aromatic N) is 1. The number of alkyl halides is 1. The fraction of sp³-hybridized carbons (Fsp3) is 0.214. The van der Waals surface area contributed by atoms with Crippen LogP contribution in [0.4, 0.5) is 4.39 Å². The van der Waals surface area contributed by atoms with E-state index in [9.17, 15) is 4.39 Å². The summed E-state index contributed by atoms with van der Waals surface area (Å²) in [6.07, 6.45) is 2.42. The summed E-state index contributed by atoms with van der Waals surface area (Å²) in [6.45, 7) is 2.01. The minimum Gasteiger partial charge on any atom is -0.261 e.